The van der Waals surface area contributed by atoms with Crippen LogP contribution >= 0.6 is 0 Å². The molecule has 0 spiro atoms. The van der Waals surface area contributed by atoms with Crippen molar-refractivity contribution in [2.75, 3.05) is 0 Å². The Morgan fingerprint density at radius 3 is 3.13 bits per heavy atom. The van der Waals surface area contributed by atoms with Crippen molar-refractivity contribution in [1.82, 2.24) is 15.0 Å². The number of hydrogen-bond donors (Lipinski definition) is 2. The molecule has 3 N–H and O–H groups in total. The van der Waals surface area contributed by atoms with Gasteiger partial charge in [0.1, 0.15) is 11.4 Å². The SMILES string of the molecule is Cn1nnc2c(C/C(N)=N/O)cccc21. The lowest BCUT2D eigenvalue weighted by atomic mass is 10.1. The molecule has 78 valence electrons. The topological polar surface area (TPSA) is 89.3 Å². The van der Waals surface area contributed by atoms with Gasteiger partial charge in [0.15, 0.2) is 0 Å². The third kappa shape index (κ3) is 1.61. The summed E-state index contributed by atoms with van der Waals surface area (Å²) in [6.07, 6.45) is 0.368. The molecule has 1 aromatic heterocycles. The first-order chi connectivity index (χ1) is 7.22. The van der Waals surface area contributed by atoms with Crippen molar-refractivity contribution in [3.63, 3.8) is 0 Å². The van der Waals surface area contributed by atoms with E-state index in [-0.39, 0.29) is 5.84 Å². The molecule has 2 aromatic rings. The van der Waals surface area contributed by atoms with E-state index in [1.165, 1.54) is 0 Å². The highest BCUT2D eigenvalue weighted by Gasteiger charge is 2.07. The number of oxime groups is 1. The molecule has 0 aliphatic heterocycles. The van der Waals surface area contributed by atoms with E-state index < -0.39 is 0 Å². The molecule has 0 unspecified atom stereocenters. The summed E-state index contributed by atoms with van der Waals surface area (Å²) in [5.41, 5.74) is 8.06. The van der Waals surface area contributed by atoms with Gasteiger partial charge in [0, 0.05) is 13.5 Å². The Kier molecular flexibility index (Phi) is 2.24. The number of nitrogens with two attached hydrogens (primary N) is 1. The fourth-order valence-corrected chi connectivity index (χ4v) is 1.49. The lowest BCUT2D eigenvalue weighted by molar-refractivity contribution is 0.317. The zero-order chi connectivity index (χ0) is 10.8. The number of fused-ring (bicyclic) bond motifs is 1. The summed E-state index contributed by atoms with van der Waals surface area (Å²) < 4.78 is 1.69. The minimum atomic E-state index is 0.160. The normalized spacial score (nSPS) is 12.2. The summed E-state index contributed by atoms with van der Waals surface area (Å²) in [7, 11) is 1.82. The van der Waals surface area contributed by atoms with Crippen LogP contribution in [0.5, 0.6) is 0 Å². The average molecular weight is 205 g/mol. The molecule has 6 heteroatoms. The Hall–Kier alpha value is -2.11. The lowest BCUT2D eigenvalue weighted by Gasteiger charge is -2.00. The van der Waals surface area contributed by atoms with Crippen LogP contribution in [0, 0.1) is 0 Å². The smallest absolute Gasteiger partial charge is 0.143 e. The molecule has 0 amide bonds. The number of hydrogen-bond acceptors (Lipinski definition) is 4. The van der Waals surface area contributed by atoms with Gasteiger partial charge in [-0.1, -0.05) is 22.5 Å². The van der Waals surface area contributed by atoms with Gasteiger partial charge < -0.3 is 10.9 Å². The van der Waals surface area contributed by atoms with Crippen LogP contribution in [-0.2, 0) is 13.5 Å². The number of nitrogens with zero attached hydrogens (tertiary/aromatic N) is 4. The van der Waals surface area contributed by atoms with Gasteiger partial charge >= 0.3 is 0 Å². The summed E-state index contributed by atoms with van der Waals surface area (Å²) in [5, 5.41) is 19.4. The third-order valence-electron chi connectivity index (χ3n) is 2.23. The van der Waals surface area contributed by atoms with E-state index in [4.69, 9.17) is 10.9 Å². The number of benzene rings is 1. The van der Waals surface area contributed by atoms with Gasteiger partial charge in [0.25, 0.3) is 0 Å². The van der Waals surface area contributed by atoms with Crippen molar-refractivity contribution >= 4 is 16.9 Å². The van der Waals surface area contributed by atoms with Crippen LogP contribution in [0.4, 0.5) is 0 Å². The zero-order valence-electron chi connectivity index (χ0n) is 8.25. The van der Waals surface area contributed by atoms with Gasteiger partial charge in [0.05, 0.1) is 5.52 Å². The fraction of sp³-hybridized carbons (Fsp3) is 0.222. The van der Waals surface area contributed by atoms with Crippen LogP contribution in [-0.4, -0.2) is 26.0 Å². The second kappa shape index (κ2) is 3.56. The fourth-order valence-electron chi connectivity index (χ4n) is 1.49. The van der Waals surface area contributed by atoms with Crippen LogP contribution in [0.2, 0.25) is 0 Å². The molecule has 0 aliphatic carbocycles. The molecule has 15 heavy (non-hydrogen) atoms. The summed E-state index contributed by atoms with van der Waals surface area (Å²) in [5.74, 6) is 0.160. The van der Waals surface area contributed by atoms with Crippen LogP contribution < -0.4 is 5.73 Å². The predicted molar refractivity (Wildman–Crippen MR) is 55.6 cm³/mol. The monoisotopic (exact) mass is 205 g/mol. The first-order valence-corrected chi connectivity index (χ1v) is 4.46. The Balaban J connectivity index is 2.52. The van der Waals surface area contributed by atoms with E-state index >= 15 is 0 Å². The van der Waals surface area contributed by atoms with Gasteiger partial charge in [-0.15, -0.1) is 5.10 Å². The summed E-state index contributed by atoms with van der Waals surface area (Å²) in [4.78, 5) is 0. The predicted octanol–water partition coefficient (Wildman–Crippen LogP) is 0.257. The molecule has 1 heterocycles. The van der Waals surface area contributed by atoms with Gasteiger partial charge in [-0.2, -0.15) is 0 Å². The van der Waals surface area contributed by atoms with Crippen LogP contribution in [0.1, 0.15) is 5.56 Å². The largest absolute Gasteiger partial charge is 0.409 e. The maximum absolute atomic E-state index is 8.50. The average Bonchev–Trinajstić information content (AvgIpc) is 2.62. The minimum absolute atomic E-state index is 0.160. The standard InChI is InChI=1S/C9H11N5O/c1-14-7-4-2-3-6(5-8(10)12-15)9(7)11-13-14/h2-4,15H,5H2,1H3,(H2,10,12). The van der Waals surface area contributed by atoms with Gasteiger partial charge in [-0.25, -0.2) is 4.68 Å². The Bertz CT molecular complexity index is 516. The van der Waals surface area contributed by atoms with Crippen molar-refractivity contribution in [2.45, 2.75) is 6.42 Å². The highest BCUT2D eigenvalue weighted by atomic mass is 16.4. The van der Waals surface area contributed by atoms with Crippen molar-refractivity contribution in [3.05, 3.63) is 23.8 Å². The molecule has 2 rings (SSSR count). The number of amidine groups is 1. The van der Waals surface area contributed by atoms with Crippen molar-refractivity contribution in [2.24, 2.45) is 17.9 Å². The van der Waals surface area contributed by atoms with Crippen LogP contribution in [0.15, 0.2) is 23.4 Å². The Morgan fingerprint density at radius 2 is 2.40 bits per heavy atom. The first kappa shape index (κ1) is 9.45. The summed E-state index contributed by atoms with van der Waals surface area (Å²) in [6, 6.07) is 5.70. The van der Waals surface area contributed by atoms with Crippen molar-refractivity contribution < 1.29 is 5.21 Å². The lowest BCUT2D eigenvalue weighted by Crippen LogP contribution is -2.14. The molecule has 6 nitrogen and oxygen atoms in total. The highest BCUT2D eigenvalue weighted by molar-refractivity contribution is 5.87. The second-order valence-corrected chi connectivity index (χ2v) is 3.27. The third-order valence-corrected chi connectivity index (χ3v) is 2.23. The van der Waals surface area contributed by atoms with E-state index in [0.29, 0.717) is 6.42 Å². The first-order valence-electron chi connectivity index (χ1n) is 4.46. The molecule has 0 aliphatic rings. The summed E-state index contributed by atoms with van der Waals surface area (Å²) in [6.45, 7) is 0. The number of aromatic nitrogens is 3. The van der Waals surface area contributed by atoms with E-state index in [1.54, 1.807) is 4.68 Å². The molecular weight excluding hydrogens is 194 g/mol. The van der Waals surface area contributed by atoms with E-state index in [1.807, 2.05) is 25.2 Å². The van der Waals surface area contributed by atoms with Gasteiger partial charge in [-0.3, -0.25) is 0 Å². The molecule has 0 bridgehead atoms. The van der Waals surface area contributed by atoms with E-state index in [0.717, 1.165) is 16.6 Å². The quantitative estimate of drug-likeness (QED) is 0.318. The molecule has 1 aromatic carbocycles. The molecular formula is C9H11N5O. The Morgan fingerprint density at radius 1 is 1.60 bits per heavy atom. The maximum atomic E-state index is 8.50. The van der Waals surface area contributed by atoms with Crippen molar-refractivity contribution in [3.8, 4) is 0 Å². The maximum Gasteiger partial charge on any atom is 0.143 e. The second-order valence-electron chi connectivity index (χ2n) is 3.27. The summed E-state index contributed by atoms with van der Waals surface area (Å²) >= 11 is 0. The molecule has 0 radical (unpaired) electrons. The van der Waals surface area contributed by atoms with Crippen molar-refractivity contribution in [1.29, 1.82) is 0 Å². The van der Waals surface area contributed by atoms with Gasteiger partial charge in [0.2, 0.25) is 0 Å². The highest BCUT2D eigenvalue weighted by Crippen LogP contribution is 2.15. The molecule has 0 atom stereocenters. The molecule has 0 saturated carbocycles. The number of aryl methyl sites for hydroxylation is 1. The molecule has 0 fully saturated rings. The van der Waals surface area contributed by atoms with E-state index in [9.17, 15) is 0 Å². The Labute approximate surface area is 86.0 Å². The van der Waals surface area contributed by atoms with Crippen LogP contribution in [0.3, 0.4) is 0 Å². The zero-order valence-corrected chi connectivity index (χ0v) is 8.25. The van der Waals surface area contributed by atoms with Gasteiger partial charge in [-0.05, 0) is 11.6 Å². The van der Waals surface area contributed by atoms with E-state index in [2.05, 4.69) is 15.5 Å². The van der Waals surface area contributed by atoms with Crippen LogP contribution in [0.25, 0.3) is 11.0 Å². The minimum Gasteiger partial charge on any atom is -0.409 e. The number of rotatable bonds is 2. The molecule has 0 saturated heterocycles.